The summed E-state index contributed by atoms with van der Waals surface area (Å²) in [5, 5.41) is 9.53. The second-order valence-corrected chi connectivity index (χ2v) is 7.12. The van der Waals surface area contributed by atoms with E-state index in [2.05, 4.69) is 4.90 Å². The molecule has 2 N–H and O–H groups in total. The van der Waals surface area contributed by atoms with Gasteiger partial charge in [-0.3, -0.25) is 4.55 Å². The van der Waals surface area contributed by atoms with Crippen LogP contribution in [-0.2, 0) is 9.15 Å². The molecule has 1 heterocycles. The Kier molecular flexibility index (Phi) is 5.34. The van der Waals surface area contributed by atoms with Gasteiger partial charge in [0.2, 0.25) is 0 Å². The number of nitrogens with zero attached hydrogens (tertiary/aromatic N) is 1. The molecule has 0 aromatic rings. The van der Waals surface area contributed by atoms with Crippen LogP contribution in [0.4, 0.5) is 0 Å². The summed E-state index contributed by atoms with van der Waals surface area (Å²) in [5.74, 6) is 0.0231. The first-order valence-corrected chi connectivity index (χ1v) is 7.94. The van der Waals surface area contributed by atoms with Gasteiger partial charge in [-0.25, -0.2) is 0 Å². The lowest BCUT2D eigenvalue weighted by atomic mass is 10.1. The van der Waals surface area contributed by atoms with Crippen molar-refractivity contribution in [2.45, 2.75) is 25.4 Å². The van der Waals surface area contributed by atoms with Gasteiger partial charge in [0.25, 0.3) is 0 Å². The fraction of sp³-hybridized carbons (Fsp3) is 1.00. The van der Waals surface area contributed by atoms with Gasteiger partial charge in [-0.15, -0.1) is 0 Å². The average molecular weight is 255 g/mol. The fourth-order valence-electron chi connectivity index (χ4n) is 1.66. The molecule has 0 radical (unpaired) electrons. The van der Waals surface area contributed by atoms with Gasteiger partial charge in [-0.1, -0.05) is 6.42 Å². The largest absolute Gasteiger partial charge is 0.391 e. The summed E-state index contributed by atoms with van der Waals surface area (Å²) in [7, 11) is -3.64. The third-order valence-corrected chi connectivity index (χ3v) is 4.45. The minimum absolute atomic E-state index is 0.0231. The second kappa shape index (κ2) is 6.05. The molecule has 1 rings (SSSR count). The zero-order chi connectivity index (χ0) is 11.3. The van der Waals surface area contributed by atoms with Crippen molar-refractivity contribution < 1.29 is 18.1 Å². The minimum atomic E-state index is -4.02. The SMILES string of the molecule is O=S(=O)(O)SCC(O)CN1CCCCC1. The van der Waals surface area contributed by atoms with Crippen molar-refractivity contribution in [1.29, 1.82) is 0 Å². The van der Waals surface area contributed by atoms with Gasteiger partial charge in [0.05, 0.1) is 6.10 Å². The molecule has 0 spiro atoms. The van der Waals surface area contributed by atoms with Gasteiger partial charge in [0.1, 0.15) is 0 Å². The Bertz CT molecular complexity index is 274. The lowest BCUT2D eigenvalue weighted by Gasteiger charge is -2.28. The van der Waals surface area contributed by atoms with Crippen LogP contribution < -0.4 is 0 Å². The summed E-state index contributed by atoms with van der Waals surface area (Å²) in [5.41, 5.74) is 0. The molecular weight excluding hydrogens is 238 g/mol. The van der Waals surface area contributed by atoms with Crippen LogP contribution >= 0.6 is 10.8 Å². The smallest absolute Gasteiger partial charge is 0.319 e. The average Bonchev–Trinajstić information content (AvgIpc) is 2.15. The Morgan fingerprint density at radius 1 is 1.27 bits per heavy atom. The number of aliphatic hydroxyl groups is 1. The van der Waals surface area contributed by atoms with Gasteiger partial charge in [-0.05, 0) is 36.7 Å². The molecule has 1 atom stereocenters. The number of hydrogen-bond donors (Lipinski definition) is 2. The van der Waals surface area contributed by atoms with E-state index in [0.29, 0.717) is 17.3 Å². The van der Waals surface area contributed by atoms with Crippen LogP contribution in [0.1, 0.15) is 19.3 Å². The third kappa shape index (κ3) is 6.36. The van der Waals surface area contributed by atoms with Crippen LogP contribution in [0.3, 0.4) is 0 Å². The highest BCUT2D eigenvalue weighted by Crippen LogP contribution is 2.13. The second-order valence-electron chi connectivity index (χ2n) is 3.73. The van der Waals surface area contributed by atoms with E-state index >= 15 is 0 Å². The molecule has 0 amide bonds. The molecule has 15 heavy (non-hydrogen) atoms. The van der Waals surface area contributed by atoms with Crippen LogP contribution in [0.15, 0.2) is 0 Å². The molecular formula is C8H17NO4S2. The Morgan fingerprint density at radius 3 is 2.40 bits per heavy atom. The third-order valence-electron chi connectivity index (χ3n) is 2.33. The summed E-state index contributed by atoms with van der Waals surface area (Å²) in [6.45, 7) is 2.42. The van der Waals surface area contributed by atoms with E-state index in [9.17, 15) is 13.5 Å². The Labute approximate surface area is 94.0 Å². The predicted octanol–water partition coefficient (Wildman–Crippen LogP) is 0.369. The molecule has 1 saturated heterocycles. The Morgan fingerprint density at radius 2 is 1.87 bits per heavy atom. The van der Waals surface area contributed by atoms with Crippen molar-refractivity contribution in [3.8, 4) is 0 Å². The summed E-state index contributed by atoms with van der Waals surface area (Å²) >= 11 is 0. The molecule has 1 aliphatic rings. The maximum absolute atomic E-state index is 10.4. The molecule has 1 fully saturated rings. The topological polar surface area (TPSA) is 77.8 Å². The first-order valence-electron chi connectivity index (χ1n) is 4.99. The maximum atomic E-state index is 10.4. The van der Waals surface area contributed by atoms with E-state index in [1.807, 2.05) is 0 Å². The van der Waals surface area contributed by atoms with Crippen LogP contribution in [0.5, 0.6) is 0 Å². The molecule has 1 aliphatic heterocycles. The van der Waals surface area contributed by atoms with Crippen molar-refractivity contribution in [3.63, 3.8) is 0 Å². The van der Waals surface area contributed by atoms with E-state index in [1.165, 1.54) is 6.42 Å². The quantitative estimate of drug-likeness (QED) is 0.546. The van der Waals surface area contributed by atoms with E-state index in [-0.39, 0.29) is 5.75 Å². The van der Waals surface area contributed by atoms with Crippen LogP contribution in [-0.4, -0.2) is 54.5 Å². The van der Waals surface area contributed by atoms with Gasteiger partial charge < -0.3 is 10.0 Å². The lowest BCUT2D eigenvalue weighted by Crippen LogP contribution is -2.37. The van der Waals surface area contributed by atoms with Gasteiger partial charge in [0, 0.05) is 12.3 Å². The fourth-order valence-corrected chi connectivity index (χ4v) is 3.08. The van der Waals surface area contributed by atoms with Crippen LogP contribution in [0.25, 0.3) is 0 Å². The number of rotatable bonds is 5. The molecule has 0 saturated carbocycles. The van der Waals surface area contributed by atoms with Crippen molar-refractivity contribution in [1.82, 2.24) is 4.90 Å². The highest BCUT2D eigenvalue weighted by atomic mass is 33.1. The molecule has 1 unspecified atom stereocenters. The molecule has 5 nitrogen and oxygen atoms in total. The summed E-state index contributed by atoms with van der Waals surface area (Å²) < 4.78 is 29.3. The standard InChI is InChI=1S/C8H17NO4S2/c10-8(7-14-15(11,12)13)6-9-4-2-1-3-5-9/h8,10H,1-7H2,(H,11,12,13). The highest BCUT2D eigenvalue weighted by molar-refractivity contribution is 8.69. The summed E-state index contributed by atoms with van der Waals surface area (Å²) in [6, 6.07) is 0. The minimum Gasteiger partial charge on any atom is -0.391 e. The monoisotopic (exact) mass is 255 g/mol. The van der Waals surface area contributed by atoms with Gasteiger partial charge in [0.15, 0.2) is 0 Å². The first-order chi connectivity index (χ1) is 6.97. The molecule has 7 heteroatoms. The summed E-state index contributed by atoms with van der Waals surface area (Å²) in [6.07, 6.45) is 2.80. The van der Waals surface area contributed by atoms with Crippen LogP contribution in [0, 0.1) is 0 Å². The van der Waals surface area contributed by atoms with Crippen molar-refractivity contribution >= 4 is 19.9 Å². The molecule has 0 aromatic heterocycles. The lowest BCUT2D eigenvalue weighted by molar-refractivity contribution is 0.117. The van der Waals surface area contributed by atoms with E-state index < -0.39 is 15.3 Å². The first kappa shape index (κ1) is 13.2. The van der Waals surface area contributed by atoms with Crippen molar-refractivity contribution in [3.05, 3.63) is 0 Å². The van der Waals surface area contributed by atoms with Crippen LogP contribution in [0.2, 0.25) is 0 Å². The maximum Gasteiger partial charge on any atom is 0.319 e. The van der Waals surface area contributed by atoms with Gasteiger partial charge >= 0.3 is 9.15 Å². The molecule has 90 valence electrons. The summed E-state index contributed by atoms with van der Waals surface area (Å²) in [4.78, 5) is 2.12. The molecule has 0 aromatic carbocycles. The number of likely N-dealkylation sites (tertiary alicyclic amines) is 1. The van der Waals surface area contributed by atoms with E-state index in [0.717, 1.165) is 25.9 Å². The zero-order valence-electron chi connectivity index (χ0n) is 8.50. The number of hydrogen-bond acceptors (Lipinski definition) is 5. The highest BCUT2D eigenvalue weighted by Gasteiger charge is 2.16. The van der Waals surface area contributed by atoms with Crippen molar-refractivity contribution in [2.24, 2.45) is 0 Å². The predicted molar refractivity (Wildman–Crippen MR) is 60.3 cm³/mol. The molecule has 0 bridgehead atoms. The normalized spacial score (nSPS) is 21.5. The number of aliphatic hydroxyl groups excluding tert-OH is 1. The number of β-amino-alcohol motifs (C(OH)–C–C–N with tert-alkyl or cyclic N) is 1. The van der Waals surface area contributed by atoms with E-state index in [4.69, 9.17) is 4.55 Å². The zero-order valence-corrected chi connectivity index (χ0v) is 10.1. The number of piperidine rings is 1. The van der Waals surface area contributed by atoms with Gasteiger partial charge in [-0.2, -0.15) is 8.42 Å². The Balaban J connectivity index is 2.20. The molecule has 0 aliphatic carbocycles. The van der Waals surface area contributed by atoms with Crippen molar-refractivity contribution in [2.75, 3.05) is 25.4 Å². The Hall–Kier alpha value is 0.180. The van der Waals surface area contributed by atoms with E-state index in [1.54, 1.807) is 0 Å².